The molecule has 2 rings (SSSR count). The quantitative estimate of drug-likeness (QED) is 0.307. The third kappa shape index (κ3) is 6.19. The zero-order valence-corrected chi connectivity index (χ0v) is 15.7. The number of benzene rings is 1. The fraction of sp³-hybridized carbons (Fsp3) is 0.235. The lowest BCUT2D eigenvalue weighted by molar-refractivity contribution is -0.385. The summed E-state index contributed by atoms with van der Waals surface area (Å²) in [4.78, 5) is 14.1. The molecule has 0 aliphatic rings. The van der Waals surface area contributed by atoms with E-state index >= 15 is 0 Å². The van der Waals surface area contributed by atoms with Gasteiger partial charge in [-0.1, -0.05) is 0 Å². The van der Waals surface area contributed by atoms with Crippen molar-refractivity contribution in [2.24, 2.45) is 5.10 Å². The molecule has 2 N–H and O–H groups in total. The van der Waals surface area contributed by atoms with Crippen LogP contribution in [0.5, 0.6) is 17.4 Å². The molecule has 9 nitrogen and oxygen atoms in total. The molecule has 27 heavy (non-hydrogen) atoms. The number of nitrogens with zero attached hydrogens (tertiary/aromatic N) is 3. The molecular weight excluding hydrogens is 370 g/mol. The SMILES string of the molecule is CCNC(=S)N/N=C/c1ccc(Oc2ccc([N+](=O)[O-])cn2)c(OCC)c1. The molecule has 0 atom stereocenters. The zero-order chi connectivity index (χ0) is 19.6. The smallest absolute Gasteiger partial charge is 0.287 e. The van der Waals surface area contributed by atoms with Gasteiger partial charge in [0.25, 0.3) is 5.69 Å². The van der Waals surface area contributed by atoms with Crippen molar-refractivity contribution < 1.29 is 14.4 Å². The highest BCUT2D eigenvalue weighted by Gasteiger charge is 2.10. The minimum atomic E-state index is -0.522. The molecule has 142 valence electrons. The molecule has 1 heterocycles. The highest BCUT2D eigenvalue weighted by atomic mass is 32.1. The van der Waals surface area contributed by atoms with Crippen LogP contribution in [0.2, 0.25) is 0 Å². The van der Waals surface area contributed by atoms with Gasteiger partial charge in [-0.2, -0.15) is 5.10 Å². The average molecular weight is 389 g/mol. The first kappa shape index (κ1) is 20.0. The normalized spacial score (nSPS) is 10.4. The molecule has 1 aromatic heterocycles. The number of nitro groups is 1. The Kier molecular flexibility index (Phi) is 7.44. The molecule has 1 aromatic carbocycles. The summed E-state index contributed by atoms with van der Waals surface area (Å²) in [7, 11) is 0. The van der Waals surface area contributed by atoms with E-state index in [0.29, 0.717) is 29.8 Å². The van der Waals surface area contributed by atoms with Gasteiger partial charge in [-0.3, -0.25) is 15.5 Å². The number of rotatable bonds is 8. The van der Waals surface area contributed by atoms with Crippen LogP contribution in [-0.2, 0) is 0 Å². The van der Waals surface area contributed by atoms with E-state index in [4.69, 9.17) is 21.7 Å². The Morgan fingerprint density at radius 3 is 2.78 bits per heavy atom. The lowest BCUT2D eigenvalue weighted by atomic mass is 10.2. The summed E-state index contributed by atoms with van der Waals surface area (Å²) in [5.41, 5.74) is 3.37. The minimum Gasteiger partial charge on any atom is -0.490 e. The van der Waals surface area contributed by atoms with E-state index < -0.39 is 4.92 Å². The predicted octanol–water partition coefficient (Wildman–Crippen LogP) is 3.00. The largest absolute Gasteiger partial charge is 0.490 e. The number of thiocarbonyl (C=S) groups is 1. The monoisotopic (exact) mass is 389 g/mol. The Morgan fingerprint density at radius 2 is 2.15 bits per heavy atom. The summed E-state index contributed by atoms with van der Waals surface area (Å²) in [6, 6.07) is 7.99. The Morgan fingerprint density at radius 1 is 1.33 bits per heavy atom. The molecule has 0 amide bonds. The van der Waals surface area contributed by atoms with Gasteiger partial charge in [0.1, 0.15) is 6.20 Å². The number of hydrogen-bond donors (Lipinski definition) is 2. The summed E-state index contributed by atoms with van der Waals surface area (Å²) in [5, 5.41) is 18.1. The molecule has 10 heteroatoms. The molecule has 0 aliphatic carbocycles. The summed E-state index contributed by atoms with van der Waals surface area (Å²) in [6.07, 6.45) is 2.73. The third-order valence-corrected chi connectivity index (χ3v) is 3.37. The van der Waals surface area contributed by atoms with Crippen LogP contribution < -0.4 is 20.2 Å². The van der Waals surface area contributed by atoms with E-state index in [2.05, 4.69) is 20.8 Å². The van der Waals surface area contributed by atoms with Crippen molar-refractivity contribution in [2.45, 2.75) is 13.8 Å². The first-order chi connectivity index (χ1) is 13.0. The number of pyridine rings is 1. The maximum absolute atomic E-state index is 10.7. The van der Waals surface area contributed by atoms with Gasteiger partial charge in [-0.05, 0) is 49.8 Å². The van der Waals surface area contributed by atoms with Crippen LogP contribution >= 0.6 is 12.2 Å². The molecule has 0 aliphatic heterocycles. The van der Waals surface area contributed by atoms with Crippen molar-refractivity contribution in [3.05, 3.63) is 52.2 Å². The topological polar surface area (TPSA) is 111 Å². The second kappa shape index (κ2) is 10.0. The van der Waals surface area contributed by atoms with E-state index in [-0.39, 0.29) is 11.6 Å². The number of hydrogen-bond acceptors (Lipinski definition) is 7. The summed E-state index contributed by atoms with van der Waals surface area (Å²) < 4.78 is 11.3. The van der Waals surface area contributed by atoms with Crippen molar-refractivity contribution in [1.29, 1.82) is 0 Å². The fourth-order valence-electron chi connectivity index (χ4n) is 1.98. The van der Waals surface area contributed by atoms with Crippen LogP contribution in [0.4, 0.5) is 5.69 Å². The van der Waals surface area contributed by atoms with Crippen molar-refractivity contribution in [3.63, 3.8) is 0 Å². The molecular formula is C17H19N5O4S. The standard InChI is InChI=1S/C17H19N5O4S/c1-3-18-17(27)21-20-10-12-5-7-14(15(9-12)25-4-2)26-16-8-6-13(11-19-16)22(23)24/h5-11H,3-4H2,1-2H3,(H2,18,21,27)/b20-10+. The van der Waals surface area contributed by atoms with Gasteiger partial charge in [0.15, 0.2) is 16.6 Å². The van der Waals surface area contributed by atoms with E-state index in [0.717, 1.165) is 11.8 Å². The number of aromatic nitrogens is 1. The highest BCUT2D eigenvalue weighted by Crippen LogP contribution is 2.32. The van der Waals surface area contributed by atoms with Crippen LogP contribution in [0.25, 0.3) is 0 Å². The molecule has 0 fully saturated rings. The second-order valence-electron chi connectivity index (χ2n) is 5.08. The predicted molar refractivity (Wildman–Crippen MR) is 106 cm³/mol. The van der Waals surface area contributed by atoms with Crippen molar-refractivity contribution in [2.75, 3.05) is 13.2 Å². The van der Waals surface area contributed by atoms with Crippen LogP contribution in [-0.4, -0.2) is 34.4 Å². The van der Waals surface area contributed by atoms with Gasteiger partial charge in [0, 0.05) is 18.7 Å². The summed E-state index contributed by atoms with van der Waals surface area (Å²) in [5.74, 6) is 1.16. The molecule has 0 bridgehead atoms. The molecule has 0 saturated heterocycles. The van der Waals surface area contributed by atoms with E-state index in [1.165, 1.54) is 12.1 Å². The van der Waals surface area contributed by atoms with Crippen LogP contribution in [0.1, 0.15) is 19.4 Å². The van der Waals surface area contributed by atoms with E-state index in [1.807, 2.05) is 13.8 Å². The molecule has 0 spiro atoms. The van der Waals surface area contributed by atoms with Crippen LogP contribution in [0, 0.1) is 10.1 Å². The lowest BCUT2D eigenvalue weighted by Crippen LogP contribution is -2.31. The number of ether oxygens (including phenoxy) is 2. The zero-order valence-electron chi connectivity index (χ0n) is 14.8. The highest BCUT2D eigenvalue weighted by molar-refractivity contribution is 7.80. The third-order valence-electron chi connectivity index (χ3n) is 3.13. The summed E-state index contributed by atoms with van der Waals surface area (Å²) in [6.45, 7) is 4.93. The average Bonchev–Trinajstić information content (AvgIpc) is 2.64. The van der Waals surface area contributed by atoms with Gasteiger partial charge < -0.3 is 14.8 Å². The Bertz CT molecular complexity index is 827. The molecule has 0 radical (unpaired) electrons. The maximum Gasteiger partial charge on any atom is 0.287 e. The van der Waals surface area contributed by atoms with Gasteiger partial charge >= 0.3 is 0 Å². The van der Waals surface area contributed by atoms with Gasteiger partial charge in [0.2, 0.25) is 5.88 Å². The Hall–Kier alpha value is -3.27. The van der Waals surface area contributed by atoms with Gasteiger partial charge in [-0.25, -0.2) is 4.98 Å². The first-order valence-corrected chi connectivity index (χ1v) is 8.56. The second-order valence-corrected chi connectivity index (χ2v) is 5.49. The fourth-order valence-corrected chi connectivity index (χ4v) is 2.17. The first-order valence-electron chi connectivity index (χ1n) is 8.15. The van der Waals surface area contributed by atoms with Crippen LogP contribution in [0.15, 0.2) is 41.6 Å². The Labute approximate surface area is 161 Å². The summed E-state index contributed by atoms with van der Waals surface area (Å²) >= 11 is 5.03. The van der Waals surface area contributed by atoms with Crippen molar-refractivity contribution in [3.8, 4) is 17.4 Å². The van der Waals surface area contributed by atoms with Crippen molar-refractivity contribution in [1.82, 2.24) is 15.7 Å². The van der Waals surface area contributed by atoms with Crippen LogP contribution in [0.3, 0.4) is 0 Å². The van der Waals surface area contributed by atoms with E-state index in [9.17, 15) is 10.1 Å². The van der Waals surface area contributed by atoms with Gasteiger partial charge in [-0.15, -0.1) is 0 Å². The minimum absolute atomic E-state index is 0.109. The van der Waals surface area contributed by atoms with Crippen molar-refractivity contribution >= 4 is 29.2 Å². The lowest BCUT2D eigenvalue weighted by Gasteiger charge is -2.11. The van der Waals surface area contributed by atoms with E-state index in [1.54, 1.807) is 24.4 Å². The van der Waals surface area contributed by atoms with Gasteiger partial charge in [0.05, 0.1) is 17.7 Å². The Balaban J connectivity index is 2.13. The number of hydrazone groups is 1. The molecule has 2 aromatic rings. The molecule has 0 saturated carbocycles. The number of nitrogens with one attached hydrogen (secondary N) is 2. The maximum atomic E-state index is 10.7. The molecule has 0 unspecified atom stereocenters.